The number of esters is 1. The largest absolute Gasteiger partial charge is 0.469 e. The van der Waals surface area contributed by atoms with E-state index in [9.17, 15) is 4.79 Å². The van der Waals surface area contributed by atoms with Gasteiger partial charge in [0.1, 0.15) is 0 Å². The fourth-order valence-electron chi connectivity index (χ4n) is 2.32. The summed E-state index contributed by atoms with van der Waals surface area (Å²) in [4.78, 5) is 15.9. The smallest absolute Gasteiger partial charge is 0.306 e. The zero-order valence-electron chi connectivity index (χ0n) is 11.4. The lowest BCUT2D eigenvalue weighted by Crippen LogP contribution is -2.51. The second kappa shape index (κ2) is 6.93. The third-order valence-electron chi connectivity index (χ3n) is 3.48. The van der Waals surface area contributed by atoms with E-state index in [-0.39, 0.29) is 5.97 Å². The number of nitrogens with zero attached hydrogens (tertiary/aromatic N) is 4. The number of ether oxygens (including phenoxy) is 1. The summed E-state index contributed by atoms with van der Waals surface area (Å²) in [6.07, 6.45) is 0.471. The minimum Gasteiger partial charge on any atom is -0.469 e. The van der Waals surface area contributed by atoms with Gasteiger partial charge in [-0.05, 0) is 18.5 Å². The molecule has 0 unspecified atom stereocenters. The predicted molar refractivity (Wildman–Crippen MR) is 72.9 cm³/mol. The summed E-state index contributed by atoms with van der Waals surface area (Å²) in [5.74, 6) is -0.136. The molecule has 7 heteroatoms. The van der Waals surface area contributed by atoms with Crippen LogP contribution in [0.25, 0.3) is 0 Å². The van der Waals surface area contributed by atoms with Crippen molar-refractivity contribution in [1.82, 2.24) is 19.4 Å². The van der Waals surface area contributed by atoms with E-state index in [2.05, 4.69) is 31.0 Å². The summed E-state index contributed by atoms with van der Waals surface area (Å²) in [5, 5.41) is 6.08. The molecule has 0 bridgehead atoms. The zero-order chi connectivity index (χ0) is 13.7. The molecule has 1 aliphatic heterocycles. The summed E-state index contributed by atoms with van der Waals surface area (Å²) in [6.45, 7) is 6.82. The second-order valence-corrected chi connectivity index (χ2v) is 5.45. The quantitative estimate of drug-likeness (QED) is 0.738. The fourth-order valence-corrected chi connectivity index (χ4v) is 2.76. The number of hydrogen-bond acceptors (Lipinski definition) is 7. The van der Waals surface area contributed by atoms with Gasteiger partial charge in [-0.15, -0.1) is 5.10 Å². The Balaban J connectivity index is 1.76. The van der Waals surface area contributed by atoms with Crippen LogP contribution in [0.1, 0.15) is 19.0 Å². The molecule has 0 aliphatic carbocycles. The van der Waals surface area contributed by atoms with Gasteiger partial charge in [0.15, 0.2) is 0 Å². The van der Waals surface area contributed by atoms with Crippen LogP contribution in [0.2, 0.25) is 0 Å². The van der Waals surface area contributed by atoms with Crippen molar-refractivity contribution in [2.24, 2.45) is 0 Å². The minimum absolute atomic E-state index is 0.136. The molecule has 2 heterocycles. The summed E-state index contributed by atoms with van der Waals surface area (Å²) in [5.41, 5.74) is 1.04. The van der Waals surface area contributed by atoms with E-state index in [4.69, 9.17) is 0 Å². The average molecular weight is 284 g/mol. The molecular weight excluding hydrogens is 264 g/mol. The van der Waals surface area contributed by atoms with Gasteiger partial charge in [-0.1, -0.05) is 4.49 Å². The van der Waals surface area contributed by atoms with E-state index < -0.39 is 0 Å². The topological polar surface area (TPSA) is 58.6 Å². The maximum atomic E-state index is 11.1. The van der Waals surface area contributed by atoms with Crippen molar-refractivity contribution in [2.45, 2.75) is 25.9 Å². The summed E-state index contributed by atoms with van der Waals surface area (Å²) < 4.78 is 8.56. The molecule has 1 aromatic heterocycles. The van der Waals surface area contributed by atoms with Gasteiger partial charge in [0.25, 0.3) is 0 Å². The Hall–Kier alpha value is -1.05. The van der Waals surface area contributed by atoms with Gasteiger partial charge < -0.3 is 4.74 Å². The molecule has 0 aromatic carbocycles. The molecule has 19 heavy (non-hydrogen) atoms. The number of methoxy groups -OCH3 is 1. The van der Waals surface area contributed by atoms with Crippen molar-refractivity contribution >= 4 is 17.5 Å². The van der Waals surface area contributed by atoms with Crippen molar-refractivity contribution in [3.05, 3.63) is 11.1 Å². The molecule has 2 rings (SSSR count). The molecule has 6 nitrogen and oxygen atoms in total. The molecule has 0 spiro atoms. The molecule has 0 N–H and O–H groups in total. The lowest BCUT2D eigenvalue weighted by molar-refractivity contribution is -0.141. The molecule has 1 fully saturated rings. The van der Waals surface area contributed by atoms with Crippen LogP contribution in [0.15, 0.2) is 5.38 Å². The fraction of sp³-hybridized carbons (Fsp3) is 0.750. The average Bonchev–Trinajstić information content (AvgIpc) is 2.91. The number of carbonyl (C=O) groups is 1. The van der Waals surface area contributed by atoms with Crippen LogP contribution in [0.5, 0.6) is 0 Å². The van der Waals surface area contributed by atoms with Crippen molar-refractivity contribution in [3.8, 4) is 0 Å². The minimum atomic E-state index is -0.136. The van der Waals surface area contributed by atoms with E-state index in [1.54, 1.807) is 0 Å². The number of aromatic nitrogens is 2. The highest BCUT2D eigenvalue weighted by Gasteiger charge is 2.24. The molecule has 1 aromatic rings. The summed E-state index contributed by atoms with van der Waals surface area (Å²) >= 11 is 1.39. The van der Waals surface area contributed by atoms with Crippen LogP contribution < -0.4 is 0 Å². The third kappa shape index (κ3) is 4.22. The van der Waals surface area contributed by atoms with Crippen molar-refractivity contribution < 1.29 is 9.53 Å². The molecular formula is C12H20N4O2S. The van der Waals surface area contributed by atoms with Gasteiger partial charge in [-0.25, -0.2) is 0 Å². The highest BCUT2D eigenvalue weighted by Crippen LogP contribution is 2.13. The molecule has 1 aliphatic rings. The first-order valence-corrected chi connectivity index (χ1v) is 7.32. The van der Waals surface area contributed by atoms with Gasteiger partial charge >= 0.3 is 5.97 Å². The normalized spacial score (nSPS) is 21.5. The lowest BCUT2D eigenvalue weighted by atomic mass is 10.1. The monoisotopic (exact) mass is 284 g/mol. The molecule has 1 saturated heterocycles. The Kier molecular flexibility index (Phi) is 5.24. The first-order valence-electron chi connectivity index (χ1n) is 6.48. The van der Waals surface area contributed by atoms with Gasteiger partial charge in [0, 0.05) is 44.1 Å². The number of piperazine rings is 1. The van der Waals surface area contributed by atoms with Crippen LogP contribution >= 0.6 is 11.5 Å². The standard InChI is InChI=1S/C12H20N4O2S/c1-10-7-15(4-3-12(17)18-2)5-6-16(10)8-11-9-19-14-13-11/h9-10H,3-8H2,1-2H3/t10-/m0/s1. The van der Waals surface area contributed by atoms with Gasteiger partial charge in [0.05, 0.1) is 19.2 Å². The molecule has 106 valence electrons. The maximum Gasteiger partial charge on any atom is 0.306 e. The van der Waals surface area contributed by atoms with Gasteiger partial charge in [-0.2, -0.15) is 0 Å². The Morgan fingerprint density at radius 1 is 1.58 bits per heavy atom. The van der Waals surface area contributed by atoms with E-state index in [0.717, 1.165) is 38.4 Å². The Bertz CT molecular complexity index is 398. The first-order chi connectivity index (χ1) is 9.19. The van der Waals surface area contributed by atoms with Crippen molar-refractivity contribution in [3.63, 3.8) is 0 Å². The van der Waals surface area contributed by atoms with E-state index >= 15 is 0 Å². The van der Waals surface area contributed by atoms with E-state index in [1.165, 1.54) is 18.6 Å². The molecule has 1 atom stereocenters. The van der Waals surface area contributed by atoms with E-state index in [0.29, 0.717) is 12.5 Å². The second-order valence-electron chi connectivity index (χ2n) is 4.84. The summed E-state index contributed by atoms with van der Waals surface area (Å²) in [7, 11) is 1.44. The van der Waals surface area contributed by atoms with Crippen molar-refractivity contribution in [1.29, 1.82) is 0 Å². The highest BCUT2D eigenvalue weighted by atomic mass is 32.1. The van der Waals surface area contributed by atoms with Crippen LogP contribution in [0, 0.1) is 0 Å². The molecule has 0 radical (unpaired) electrons. The van der Waals surface area contributed by atoms with Crippen LogP contribution in [0.3, 0.4) is 0 Å². The predicted octanol–water partition coefficient (Wildman–Crippen LogP) is 0.607. The van der Waals surface area contributed by atoms with Crippen LogP contribution in [0.4, 0.5) is 0 Å². The van der Waals surface area contributed by atoms with Crippen molar-refractivity contribution in [2.75, 3.05) is 33.3 Å². The Labute approximate surface area is 117 Å². The van der Waals surface area contributed by atoms with Crippen LogP contribution in [-0.2, 0) is 16.1 Å². The first kappa shape index (κ1) is 14.4. The van der Waals surface area contributed by atoms with Gasteiger partial charge in [-0.3, -0.25) is 14.6 Å². The Morgan fingerprint density at radius 2 is 2.42 bits per heavy atom. The third-order valence-corrected chi connectivity index (χ3v) is 4.03. The number of hydrogen-bond donors (Lipinski definition) is 0. The Morgan fingerprint density at radius 3 is 3.05 bits per heavy atom. The maximum absolute atomic E-state index is 11.1. The van der Waals surface area contributed by atoms with Gasteiger partial charge in [0.2, 0.25) is 0 Å². The van der Waals surface area contributed by atoms with E-state index in [1.807, 2.05) is 5.38 Å². The summed E-state index contributed by atoms with van der Waals surface area (Å²) in [6, 6.07) is 0.466. The zero-order valence-corrected chi connectivity index (χ0v) is 12.2. The molecule has 0 saturated carbocycles. The highest BCUT2D eigenvalue weighted by molar-refractivity contribution is 7.03. The molecule has 0 amide bonds. The number of rotatable bonds is 5. The number of carbonyl (C=O) groups excluding carboxylic acids is 1. The lowest BCUT2D eigenvalue weighted by Gasteiger charge is -2.39. The van der Waals surface area contributed by atoms with Crippen LogP contribution in [-0.4, -0.2) is 64.7 Å². The SMILES string of the molecule is COC(=O)CCN1CCN(Cc2csnn2)[C@@H](C)C1.